The molecule has 0 spiro atoms. The molecule has 2 aromatic heterocycles. The number of hydrogen-bond acceptors (Lipinski definition) is 11. The van der Waals surface area contributed by atoms with E-state index in [0.717, 1.165) is 0 Å². The number of nitrogens with two attached hydrogens (primary N) is 1. The van der Waals surface area contributed by atoms with Gasteiger partial charge in [-0.15, -0.1) is 0 Å². The number of anilines is 2. The smallest absolute Gasteiger partial charge is 0.419 e. The number of amides is 2. The average molecular weight is 558 g/mol. The minimum atomic E-state index is -4.55. The van der Waals surface area contributed by atoms with E-state index in [4.69, 9.17) is 19.9 Å². The number of nitrogens with zero attached hydrogens (tertiary/aromatic N) is 5. The Bertz CT molecular complexity index is 1150. The van der Waals surface area contributed by atoms with Gasteiger partial charge >= 0.3 is 18.4 Å². The van der Waals surface area contributed by atoms with E-state index in [1.165, 1.54) is 13.0 Å². The number of aliphatic hydroxyl groups is 1. The molecule has 1 aliphatic heterocycles. The number of ether oxygens (including phenoxy) is 3. The summed E-state index contributed by atoms with van der Waals surface area (Å²) >= 11 is 0. The fourth-order valence-electron chi connectivity index (χ4n) is 3.50. The van der Waals surface area contributed by atoms with E-state index in [9.17, 15) is 27.9 Å². The summed E-state index contributed by atoms with van der Waals surface area (Å²) in [7, 11) is 0. The second-order valence-electron chi connectivity index (χ2n) is 9.58. The van der Waals surface area contributed by atoms with Crippen LogP contribution in [0.4, 0.5) is 34.5 Å². The van der Waals surface area contributed by atoms with Gasteiger partial charge in [0.15, 0.2) is 0 Å². The van der Waals surface area contributed by atoms with Crippen LogP contribution in [0.5, 0.6) is 5.88 Å². The van der Waals surface area contributed by atoms with Crippen LogP contribution in [0.3, 0.4) is 0 Å². The number of piperazine rings is 1. The highest BCUT2D eigenvalue weighted by atomic mass is 19.4. The molecule has 16 heteroatoms. The molecule has 39 heavy (non-hydrogen) atoms. The lowest BCUT2D eigenvalue weighted by atomic mass is 10.2. The van der Waals surface area contributed by atoms with E-state index >= 15 is 0 Å². The van der Waals surface area contributed by atoms with Crippen LogP contribution in [0, 0.1) is 0 Å². The van der Waals surface area contributed by atoms with E-state index in [-0.39, 0.29) is 31.5 Å². The topological polar surface area (TPSA) is 165 Å². The van der Waals surface area contributed by atoms with E-state index in [0.29, 0.717) is 18.2 Å². The second-order valence-corrected chi connectivity index (χ2v) is 9.58. The first kappa shape index (κ1) is 29.5. The number of aliphatic hydroxyl groups excluding tert-OH is 1. The van der Waals surface area contributed by atoms with Gasteiger partial charge in [0.25, 0.3) is 6.29 Å². The number of hydrogen-bond donors (Lipinski definition) is 3. The normalized spacial score (nSPS) is 17.7. The van der Waals surface area contributed by atoms with Gasteiger partial charge in [0.05, 0.1) is 12.1 Å². The highest BCUT2D eigenvalue weighted by Gasteiger charge is 2.33. The quantitative estimate of drug-likeness (QED) is 0.428. The Balaban J connectivity index is 1.67. The zero-order chi connectivity index (χ0) is 29.0. The molecule has 0 aromatic carbocycles. The summed E-state index contributed by atoms with van der Waals surface area (Å²) in [6.45, 7) is 7.05. The first-order valence-corrected chi connectivity index (χ1v) is 11.8. The Morgan fingerprint density at radius 3 is 2.41 bits per heavy atom. The molecule has 0 aliphatic carbocycles. The Morgan fingerprint density at radius 2 is 1.85 bits per heavy atom. The first-order chi connectivity index (χ1) is 18.1. The second kappa shape index (κ2) is 11.8. The number of halogens is 3. The van der Waals surface area contributed by atoms with Crippen molar-refractivity contribution in [2.45, 2.75) is 58.0 Å². The van der Waals surface area contributed by atoms with Crippen molar-refractivity contribution < 1.29 is 42.1 Å². The summed E-state index contributed by atoms with van der Waals surface area (Å²) in [5, 5.41) is 13.2. The van der Waals surface area contributed by atoms with Gasteiger partial charge in [0.2, 0.25) is 11.8 Å². The van der Waals surface area contributed by atoms with Gasteiger partial charge in [-0.1, -0.05) is 6.07 Å². The van der Waals surface area contributed by atoms with Crippen molar-refractivity contribution in [1.29, 1.82) is 0 Å². The first-order valence-electron chi connectivity index (χ1n) is 11.8. The lowest BCUT2D eigenvalue weighted by molar-refractivity contribution is -0.138. The van der Waals surface area contributed by atoms with Crippen molar-refractivity contribution in [2.24, 2.45) is 5.73 Å². The summed E-state index contributed by atoms with van der Waals surface area (Å²) in [5.41, 5.74) is 3.42. The third-order valence-electron chi connectivity index (χ3n) is 5.23. The van der Waals surface area contributed by atoms with Crippen LogP contribution in [-0.4, -0.2) is 76.0 Å². The predicted octanol–water partition coefficient (Wildman–Crippen LogP) is 2.25. The Morgan fingerprint density at radius 1 is 1.18 bits per heavy atom. The molecule has 2 aromatic rings. The van der Waals surface area contributed by atoms with Gasteiger partial charge in [-0.05, 0) is 33.8 Å². The van der Waals surface area contributed by atoms with Crippen LogP contribution >= 0.6 is 0 Å². The van der Waals surface area contributed by atoms with Gasteiger partial charge in [0, 0.05) is 31.5 Å². The molecule has 214 valence electrons. The molecule has 13 nitrogen and oxygen atoms in total. The number of alkyl carbamates (subject to hydrolysis) is 1. The van der Waals surface area contributed by atoms with Crippen molar-refractivity contribution in [3.63, 3.8) is 0 Å². The number of rotatable bonds is 7. The van der Waals surface area contributed by atoms with Crippen molar-refractivity contribution >= 4 is 24.0 Å². The van der Waals surface area contributed by atoms with Crippen LogP contribution < -0.4 is 25.6 Å². The Hall–Kier alpha value is -4.08. The molecule has 0 saturated carbocycles. The van der Waals surface area contributed by atoms with E-state index in [2.05, 4.69) is 20.3 Å². The van der Waals surface area contributed by atoms with Crippen LogP contribution in [-0.2, 0) is 15.7 Å². The van der Waals surface area contributed by atoms with E-state index in [1.807, 2.05) is 0 Å². The lowest BCUT2D eigenvalue weighted by Crippen LogP contribution is -2.54. The molecular formula is C23H30F3N7O6. The summed E-state index contributed by atoms with van der Waals surface area (Å²) in [6.07, 6.45) is -7.57. The zero-order valence-electron chi connectivity index (χ0n) is 21.7. The van der Waals surface area contributed by atoms with Crippen molar-refractivity contribution in [3.05, 3.63) is 36.2 Å². The standard InChI is InChI=1S/C23H30F3N7O6/c1-13(30-21(36)39-22(2,3)4)18(38-19(27)35)37-16-7-5-6-15(31-16)33-9-8-32(12-17(33)34)20-28-10-14(11-29-20)23(24,25)26/h5-7,10-11,13,17-18,34H,8-9,12H2,1-4H3,(H2,27,35)(H,30,36). The SMILES string of the molecule is CC(NC(=O)OC(C)(C)C)C(OC(N)=O)Oc1cccc(N2CCN(c3ncc(C(F)(F)F)cn3)CC2O)n1. The van der Waals surface area contributed by atoms with Crippen LogP contribution in [0.2, 0.25) is 0 Å². The van der Waals surface area contributed by atoms with Gasteiger partial charge in [-0.2, -0.15) is 18.2 Å². The number of pyridine rings is 1. The van der Waals surface area contributed by atoms with Gasteiger partial charge < -0.3 is 40.2 Å². The highest BCUT2D eigenvalue weighted by molar-refractivity contribution is 5.68. The van der Waals surface area contributed by atoms with Gasteiger partial charge in [-0.3, -0.25) is 0 Å². The maximum absolute atomic E-state index is 12.8. The Labute approximate surface area is 222 Å². The molecule has 3 heterocycles. The van der Waals surface area contributed by atoms with E-state index in [1.54, 1.807) is 42.7 Å². The van der Waals surface area contributed by atoms with E-state index < -0.39 is 48.1 Å². The molecule has 0 bridgehead atoms. The number of aromatic nitrogens is 3. The fourth-order valence-corrected chi connectivity index (χ4v) is 3.50. The number of alkyl halides is 3. The van der Waals surface area contributed by atoms with Crippen molar-refractivity contribution in [1.82, 2.24) is 20.3 Å². The molecular weight excluding hydrogens is 527 g/mol. The van der Waals surface area contributed by atoms with Gasteiger partial charge in [0.1, 0.15) is 23.7 Å². The highest BCUT2D eigenvalue weighted by Crippen LogP contribution is 2.29. The molecule has 1 saturated heterocycles. The summed E-state index contributed by atoms with van der Waals surface area (Å²) in [4.78, 5) is 38.5. The van der Waals surface area contributed by atoms with Crippen molar-refractivity contribution in [2.75, 3.05) is 29.4 Å². The summed E-state index contributed by atoms with van der Waals surface area (Å²) in [6, 6.07) is 3.77. The third-order valence-corrected chi connectivity index (χ3v) is 5.23. The summed E-state index contributed by atoms with van der Waals surface area (Å²) < 4.78 is 54.2. The molecule has 1 fully saturated rings. The van der Waals surface area contributed by atoms with Crippen LogP contribution in [0.25, 0.3) is 0 Å². The fraction of sp³-hybridized carbons (Fsp3) is 0.522. The number of β-amino-alcohol motifs (C(OH)–C–C–N with tert-alkyl or cyclic N) is 1. The maximum Gasteiger partial charge on any atom is 0.419 e. The lowest BCUT2D eigenvalue weighted by Gasteiger charge is -2.39. The Kier molecular flexibility index (Phi) is 8.88. The molecule has 2 amide bonds. The molecule has 1 aliphatic rings. The molecule has 0 radical (unpaired) electrons. The minimum Gasteiger partial charge on any atom is -0.444 e. The number of primary amides is 1. The minimum absolute atomic E-state index is 0.00251. The average Bonchev–Trinajstić information content (AvgIpc) is 2.81. The van der Waals surface area contributed by atoms with Crippen LogP contribution in [0.1, 0.15) is 33.3 Å². The zero-order valence-corrected chi connectivity index (χ0v) is 21.7. The number of nitrogens with one attached hydrogen (secondary N) is 1. The van der Waals surface area contributed by atoms with Crippen molar-refractivity contribution in [3.8, 4) is 5.88 Å². The van der Waals surface area contributed by atoms with Gasteiger partial charge in [-0.25, -0.2) is 19.6 Å². The predicted molar refractivity (Wildman–Crippen MR) is 131 cm³/mol. The molecule has 3 unspecified atom stereocenters. The maximum atomic E-state index is 12.8. The van der Waals surface area contributed by atoms with Crippen LogP contribution in [0.15, 0.2) is 30.6 Å². The number of carbonyl (C=O) groups is 2. The summed E-state index contributed by atoms with van der Waals surface area (Å²) in [5.74, 6) is 0.348. The molecule has 3 rings (SSSR count). The number of carbonyl (C=O) groups excluding carboxylic acids is 2. The largest absolute Gasteiger partial charge is 0.444 e. The molecule has 4 N–H and O–H groups in total. The monoisotopic (exact) mass is 557 g/mol. The molecule has 3 atom stereocenters. The third kappa shape index (κ3) is 8.46.